The van der Waals surface area contributed by atoms with Gasteiger partial charge in [-0.05, 0) is 34.6 Å². The second-order valence-corrected chi connectivity index (χ2v) is 5.67. The summed E-state index contributed by atoms with van der Waals surface area (Å²) in [5.41, 5.74) is -2.04. The lowest BCUT2D eigenvalue weighted by Gasteiger charge is -2.18. The van der Waals surface area contributed by atoms with Gasteiger partial charge in [0.1, 0.15) is 23.3 Å². The molecule has 3 aromatic carbocycles. The fourth-order valence-corrected chi connectivity index (χ4v) is 2.76. The Bertz CT molecular complexity index is 977. The first-order valence-electron chi connectivity index (χ1n) is 7.43. The van der Waals surface area contributed by atoms with Crippen molar-refractivity contribution in [2.75, 3.05) is 0 Å². The summed E-state index contributed by atoms with van der Waals surface area (Å²) in [4.78, 5) is 0. The molecule has 3 rings (SSSR count). The Labute approximate surface area is 148 Å². The summed E-state index contributed by atoms with van der Waals surface area (Å²) in [7, 11) is 0. The summed E-state index contributed by atoms with van der Waals surface area (Å²) in [6.45, 7) is -1.84. The van der Waals surface area contributed by atoms with Crippen molar-refractivity contribution >= 4 is 23.1 Å². The lowest BCUT2D eigenvalue weighted by atomic mass is 9.36. The van der Waals surface area contributed by atoms with Gasteiger partial charge in [0, 0.05) is 18.2 Å². The third kappa shape index (κ3) is 3.54. The van der Waals surface area contributed by atoms with Crippen LogP contribution in [0.4, 0.5) is 35.1 Å². The molecule has 0 aliphatic heterocycles. The van der Waals surface area contributed by atoms with Crippen LogP contribution in [0.5, 0.6) is 0 Å². The van der Waals surface area contributed by atoms with E-state index < -0.39 is 69.6 Å². The van der Waals surface area contributed by atoms with E-state index in [9.17, 15) is 35.1 Å². The van der Waals surface area contributed by atoms with Crippen molar-refractivity contribution in [1.82, 2.24) is 0 Å². The highest BCUT2D eigenvalue weighted by atomic mass is 19.2. The normalized spacial score (nSPS) is 11.0. The molecule has 0 atom stereocenters. The molecule has 0 aromatic heterocycles. The van der Waals surface area contributed by atoms with Gasteiger partial charge in [-0.15, -0.1) is 0 Å². The maximum Gasteiger partial charge on any atom is 0.252 e. The van der Waals surface area contributed by atoms with E-state index in [1.54, 1.807) is 0 Å². The van der Waals surface area contributed by atoms with Crippen molar-refractivity contribution < 1.29 is 35.1 Å². The number of benzene rings is 3. The monoisotopic (exact) mass is 386 g/mol. The predicted molar refractivity (Wildman–Crippen MR) is 83.6 cm³/mol. The smallest absolute Gasteiger partial charge is 0.207 e. The molecule has 0 saturated heterocycles. The standard InChI is InChI=1S/C18H7BF8/c20-8-1-2-9(12(21)3-8)19(10-4-15(24)17(26)6-13(10)22)11-5-16(25)18(27)7-14(11)23/h1-7H. The minimum absolute atomic E-state index is 0.150. The summed E-state index contributed by atoms with van der Waals surface area (Å²) in [5, 5.41) is 0. The summed E-state index contributed by atoms with van der Waals surface area (Å²) in [5.74, 6) is -11.2. The molecule has 0 spiro atoms. The Hall–Kier alpha value is -2.84. The molecule has 138 valence electrons. The van der Waals surface area contributed by atoms with Crippen LogP contribution in [0, 0.1) is 46.5 Å². The van der Waals surface area contributed by atoms with Crippen LogP contribution in [-0.2, 0) is 0 Å². The van der Waals surface area contributed by atoms with Crippen LogP contribution >= 0.6 is 0 Å². The lowest BCUT2D eigenvalue weighted by Crippen LogP contribution is -2.56. The summed E-state index contributed by atoms with van der Waals surface area (Å²) < 4.78 is 110. The molecule has 0 N–H and O–H groups in total. The van der Waals surface area contributed by atoms with Gasteiger partial charge < -0.3 is 0 Å². The number of halogens is 8. The Morgan fingerprint density at radius 2 is 0.815 bits per heavy atom. The van der Waals surface area contributed by atoms with Crippen LogP contribution in [0.1, 0.15) is 0 Å². The van der Waals surface area contributed by atoms with Crippen molar-refractivity contribution in [3.8, 4) is 0 Å². The Morgan fingerprint density at radius 1 is 0.407 bits per heavy atom. The SMILES string of the molecule is Fc1ccc(B(c2cc(F)c(F)cc2F)c2cc(F)c(F)cc2F)c(F)c1. The van der Waals surface area contributed by atoms with Gasteiger partial charge in [-0.1, -0.05) is 6.07 Å². The van der Waals surface area contributed by atoms with E-state index in [-0.39, 0.29) is 12.1 Å². The fourth-order valence-electron chi connectivity index (χ4n) is 2.76. The average Bonchev–Trinajstić information content (AvgIpc) is 2.58. The van der Waals surface area contributed by atoms with E-state index in [1.165, 1.54) is 0 Å². The highest BCUT2D eigenvalue weighted by molar-refractivity contribution is 6.95. The molecule has 0 unspecified atom stereocenters. The molecule has 0 aliphatic rings. The summed E-state index contributed by atoms with van der Waals surface area (Å²) in [6.07, 6.45) is 0. The Morgan fingerprint density at radius 3 is 1.26 bits per heavy atom. The van der Waals surface area contributed by atoms with Crippen LogP contribution in [0.15, 0.2) is 42.5 Å². The zero-order valence-electron chi connectivity index (χ0n) is 13.1. The maximum absolute atomic E-state index is 14.3. The molecule has 0 amide bonds. The number of rotatable bonds is 3. The fraction of sp³-hybridized carbons (Fsp3) is 0. The highest BCUT2D eigenvalue weighted by Gasteiger charge is 2.32. The van der Waals surface area contributed by atoms with Gasteiger partial charge in [0.05, 0.1) is 0 Å². The molecule has 0 radical (unpaired) electrons. The summed E-state index contributed by atoms with van der Waals surface area (Å²) >= 11 is 0. The molecule has 0 nitrogen and oxygen atoms in total. The molecule has 0 heterocycles. The van der Waals surface area contributed by atoms with Crippen molar-refractivity contribution in [2.24, 2.45) is 0 Å². The average molecular weight is 386 g/mol. The largest absolute Gasteiger partial charge is 0.252 e. The zero-order valence-corrected chi connectivity index (χ0v) is 13.1. The van der Waals surface area contributed by atoms with Crippen molar-refractivity contribution in [3.63, 3.8) is 0 Å². The van der Waals surface area contributed by atoms with Gasteiger partial charge in [0.25, 0.3) is 6.71 Å². The molecule has 3 aromatic rings. The Balaban J connectivity index is 2.34. The summed E-state index contributed by atoms with van der Waals surface area (Å²) in [6, 6.07) is 2.97. The Kier molecular flexibility index (Phi) is 4.95. The van der Waals surface area contributed by atoms with Crippen LogP contribution in [0.3, 0.4) is 0 Å². The van der Waals surface area contributed by atoms with Crippen molar-refractivity contribution in [3.05, 3.63) is 89.0 Å². The zero-order chi connectivity index (χ0) is 19.9. The van der Waals surface area contributed by atoms with Crippen LogP contribution in [-0.4, -0.2) is 6.71 Å². The molecule has 9 heteroatoms. The van der Waals surface area contributed by atoms with Gasteiger partial charge in [-0.25, -0.2) is 35.1 Å². The first kappa shape index (κ1) is 18.9. The molecule has 0 bridgehead atoms. The highest BCUT2D eigenvalue weighted by Crippen LogP contribution is 2.12. The van der Waals surface area contributed by atoms with E-state index in [0.29, 0.717) is 18.2 Å². The lowest BCUT2D eigenvalue weighted by molar-refractivity contribution is 0.496. The van der Waals surface area contributed by atoms with Gasteiger partial charge in [0.2, 0.25) is 0 Å². The molecule has 0 saturated carbocycles. The molecular weight excluding hydrogens is 379 g/mol. The molecule has 27 heavy (non-hydrogen) atoms. The van der Waals surface area contributed by atoms with E-state index in [2.05, 4.69) is 0 Å². The quantitative estimate of drug-likeness (QED) is 0.368. The van der Waals surface area contributed by atoms with E-state index in [4.69, 9.17) is 0 Å². The second-order valence-electron chi connectivity index (χ2n) is 5.67. The third-order valence-electron chi connectivity index (χ3n) is 3.97. The number of hydrogen-bond acceptors (Lipinski definition) is 0. The van der Waals surface area contributed by atoms with E-state index >= 15 is 0 Å². The van der Waals surface area contributed by atoms with Crippen LogP contribution < -0.4 is 16.4 Å². The third-order valence-corrected chi connectivity index (χ3v) is 3.97. The minimum atomic E-state index is -1.84. The first-order chi connectivity index (χ1) is 12.7. The molecule has 0 fully saturated rings. The number of hydrogen-bond donors (Lipinski definition) is 0. The van der Waals surface area contributed by atoms with Gasteiger partial charge in [0.15, 0.2) is 23.3 Å². The van der Waals surface area contributed by atoms with Gasteiger partial charge in [-0.3, -0.25) is 0 Å². The van der Waals surface area contributed by atoms with Crippen molar-refractivity contribution in [1.29, 1.82) is 0 Å². The molecule has 0 aliphatic carbocycles. The van der Waals surface area contributed by atoms with Crippen LogP contribution in [0.2, 0.25) is 0 Å². The second kappa shape index (κ2) is 7.05. The van der Waals surface area contributed by atoms with Gasteiger partial charge in [-0.2, -0.15) is 0 Å². The van der Waals surface area contributed by atoms with E-state index in [0.717, 1.165) is 12.1 Å². The first-order valence-corrected chi connectivity index (χ1v) is 7.43. The van der Waals surface area contributed by atoms with Crippen LogP contribution in [0.25, 0.3) is 0 Å². The minimum Gasteiger partial charge on any atom is -0.207 e. The maximum atomic E-state index is 14.3. The predicted octanol–water partition coefficient (Wildman–Crippen LogP) is 3.32. The van der Waals surface area contributed by atoms with E-state index in [1.807, 2.05) is 0 Å². The molecular formula is C18H7BF8. The van der Waals surface area contributed by atoms with Crippen molar-refractivity contribution in [2.45, 2.75) is 0 Å². The van der Waals surface area contributed by atoms with Gasteiger partial charge >= 0.3 is 0 Å². The topological polar surface area (TPSA) is 0 Å².